The largest absolute Gasteiger partial charge is 0.341 e. The number of halogens is 1. The molecule has 0 fully saturated rings. The maximum atomic E-state index is 11.8. The second-order valence-electron chi connectivity index (χ2n) is 3.94. The smallest absolute Gasteiger partial charge is 0.195 e. The Morgan fingerprint density at radius 2 is 2.12 bits per heavy atom. The molecule has 4 heteroatoms. The van der Waals surface area contributed by atoms with Crippen molar-refractivity contribution in [2.45, 2.75) is 13.0 Å². The predicted octanol–water partition coefficient (Wildman–Crippen LogP) is 2.36. The van der Waals surface area contributed by atoms with E-state index in [1.807, 2.05) is 35.9 Å². The fourth-order valence-electron chi connectivity index (χ4n) is 1.77. The lowest BCUT2D eigenvalue weighted by atomic mass is 10.1. The molecule has 0 bridgehead atoms. The molecule has 3 nitrogen and oxygen atoms in total. The average Bonchev–Trinajstić information content (AvgIpc) is 2.55. The lowest BCUT2D eigenvalue weighted by molar-refractivity contribution is 0.0960. The van der Waals surface area contributed by atoms with Crippen LogP contribution >= 0.6 is 11.6 Å². The molecule has 0 aliphatic carbocycles. The van der Waals surface area contributed by atoms with Gasteiger partial charge in [0.1, 0.15) is 0 Å². The van der Waals surface area contributed by atoms with Crippen molar-refractivity contribution in [2.75, 3.05) is 0 Å². The van der Waals surface area contributed by atoms with Crippen LogP contribution in [0, 0.1) is 0 Å². The number of Topliss-reactive ketones (excluding diaryl/α,β-unsaturated/α-hetero) is 1. The van der Waals surface area contributed by atoms with Crippen LogP contribution in [0.4, 0.5) is 0 Å². The summed E-state index contributed by atoms with van der Waals surface area (Å²) >= 11 is 5.92. The van der Waals surface area contributed by atoms with E-state index in [9.17, 15) is 4.79 Å². The maximum Gasteiger partial charge on any atom is 0.195 e. The van der Waals surface area contributed by atoms with Crippen molar-refractivity contribution in [1.29, 1.82) is 0 Å². The third-order valence-corrected chi connectivity index (χ3v) is 2.91. The summed E-state index contributed by atoms with van der Waals surface area (Å²) in [6.07, 6.45) is 0. The Morgan fingerprint density at radius 1 is 1.44 bits per heavy atom. The maximum absolute atomic E-state index is 11.8. The van der Waals surface area contributed by atoms with E-state index >= 15 is 0 Å². The molecule has 1 aromatic carbocycles. The number of aromatic nitrogens is 1. The molecule has 0 spiro atoms. The molecule has 0 amide bonds. The quantitative estimate of drug-likeness (QED) is 0.814. The molecule has 84 valence electrons. The second-order valence-corrected chi connectivity index (χ2v) is 4.38. The number of ketones is 1. The van der Waals surface area contributed by atoms with Crippen LogP contribution < -0.4 is 5.73 Å². The number of fused-ring (bicyclic) bond motifs is 1. The summed E-state index contributed by atoms with van der Waals surface area (Å²) in [5.41, 5.74) is 7.16. The average molecular weight is 237 g/mol. The molecule has 0 saturated carbocycles. The van der Waals surface area contributed by atoms with Crippen molar-refractivity contribution in [3.63, 3.8) is 0 Å². The standard InChI is InChI=1S/C12H13ClN2O/c1-7(14)12(16)11-5-8-3-4-9(13)6-10(8)15(11)2/h3-7H,14H2,1-2H3. The molecule has 0 radical (unpaired) electrons. The van der Waals surface area contributed by atoms with Crippen LogP contribution in [-0.2, 0) is 7.05 Å². The van der Waals surface area contributed by atoms with E-state index < -0.39 is 6.04 Å². The normalized spacial score (nSPS) is 13.0. The topological polar surface area (TPSA) is 48.0 Å². The Bertz CT molecular complexity index is 557. The van der Waals surface area contributed by atoms with E-state index in [0.717, 1.165) is 10.9 Å². The first kappa shape index (κ1) is 11.2. The van der Waals surface area contributed by atoms with E-state index in [1.54, 1.807) is 6.92 Å². The van der Waals surface area contributed by atoms with Crippen LogP contribution in [-0.4, -0.2) is 16.4 Å². The van der Waals surface area contributed by atoms with Gasteiger partial charge in [-0.15, -0.1) is 0 Å². The van der Waals surface area contributed by atoms with Crippen LogP contribution in [0.15, 0.2) is 24.3 Å². The van der Waals surface area contributed by atoms with Gasteiger partial charge in [0.05, 0.1) is 11.7 Å². The lowest BCUT2D eigenvalue weighted by Gasteiger charge is -2.05. The van der Waals surface area contributed by atoms with Gasteiger partial charge < -0.3 is 10.3 Å². The van der Waals surface area contributed by atoms with Gasteiger partial charge in [-0.3, -0.25) is 4.79 Å². The Labute approximate surface area is 98.8 Å². The first-order chi connectivity index (χ1) is 7.50. The second kappa shape index (κ2) is 3.92. The van der Waals surface area contributed by atoms with Gasteiger partial charge in [0.25, 0.3) is 0 Å². The monoisotopic (exact) mass is 236 g/mol. The highest BCUT2D eigenvalue weighted by atomic mass is 35.5. The molecule has 1 heterocycles. The van der Waals surface area contributed by atoms with Crippen molar-refractivity contribution < 1.29 is 4.79 Å². The molecule has 16 heavy (non-hydrogen) atoms. The van der Waals surface area contributed by atoms with E-state index in [0.29, 0.717) is 10.7 Å². The van der Waals surface area contributed by atoms with Gasteiger partial charge in [0.2, 0.25) is 0 Å². The van der Waals surface area contributed by atoms with E-state index in [4.69, 9.17) is 17.3 Å². The number of aryl methyl sites for hydroxylation is 1. The summed E-state index contributed by atoms with van der Waals surface area (Å²) in [7, 11) is 1.84. The minimum atomic E-state index is -0.488. The molecule has 1 atom stereocenters. The number of carbonyl (C=O) groups excluding carboxylic acids is 1. The lowest BCUT2D eigenvalue weighted by Crippen LogP contribution is -2.28. The Morgan fingerprint density at radius 3 is 2.75 bits per heavy atom. The van der Waals surface area contributed by atoms with Gasteiger partial charge >= 0.3 is 0 Å². The van der Waals surface area contributed by atoms with Gasteiger partial charge in [0.15, 0.2) is 5.78 Å². The summed E-state index contributed by atoms with van der Waals surface area (Å²) in [6.45, 7) is 1.69. The molecule has 0 aliphatic heterocycles. The van der Waals surface area contributed by atoms with Gasteiger partial charge in [-0.2, -0.15) is 0 Å². The highest BCUT2D eigenvalue weighted by Crippen LogP contribution is 2.23. The number of nitrogens with zero attached hydrogens (tertiary/aromatic N) is 1. The summed E-state index contributed by atoms with van der Waals surface area (Å²) in [4.78, 5) is 11.8. The number of nitrogens with two attached hydrogens (primary N) is 1. The highest BCUT2D eigenvalue weighted by molar-refractivity contribution is 6.31. The third kappa shape index (κ3) is 1.72. The van der Waals surface area contributed by atoms with Crippen LogP contribution in [0.3, 0.4) is 0 Å². The number of carbonyl (C=O) groups is 1. The summed E-state index contributed by atoms with van der Waals surface area (Å²) in [5, 5.41) is 1.66. The molecular formula is C12H13ClN2O. The summed E-state index contributed by atoms with van der Waals surface area (Å²) < 4.78 is 1.83. The van der Waals surface area contributed by atoms with Crippen molar-refractivity contribution in [3.8, 4) is 0 Å². The van der Waals surface area contributed by atoms with Gasteiger partial charge in [-0.05, 0) is 25.1 Å². The molecule has 1 aromatic heterocycles. The first-order valence-electron chi connectivity index (χ1n) is 5.05. The fourth-order valence-corrected chi connectivity index (χ4v) is 1.94. The zero-order valence-corrected chi connectivity index (χ0v) is 9.95. The Kier molecular flexibility index (Phi) is 2.74. The van der Waals surface area contributed by atoms with Gasteiger partial charge in [0, 0.05) is 23.0 Å². The Hall–Kier alpha value is -1.32. The molecule has 1 unspecified atom stereocenters. The van der Waals surface area contributed by atoms with Crippen molar-refractivity contribution in [3.05, 3.63) is 35.0 Å². The van der Waals surface area contributed by atoms with Crippen LogP contribution in [0.2, 0.25) is 5.02 Å². The first-order valence-corrected chi connectivity index (χ1v) is 5.43. The summed E-state index contributed by atoms with van der Waals surface area (Å²) in [6, 6.07) is 6.91. The van der Waals surface area contributed by atoms with Crippen LogP contribution in [0.5, 0.6) is 0 Å². The summed E-state index contributed by atoms with van der Waals surface area (Å²) in [5.74, 6) is -0.0603. The van der Waals surface area contributed by atoms with E-state index in [-0.39, 0.29) is 5.78 Å². The Balaban J connectivity index is 2.65. The zero-order chi connectivity index (χ0) is 11.9. The number of rotatable bonds is 2. The molecule has 0 aliphatic rings. The predicted molar refractivity (Wildman–Crippen MR) is 65.9 cm³/mol. The van der Waals surface area contributed by atoms with Crippen LogP contribution in [0.1, 0.15) is 17.4 Å². The van der Waals surface area contributed by atoms with Gasteiger partial charge in [-0.1, -0.05) is 17.7 Å². The van der Waals surface area contributed by atoms with E-state index in [1.165, 1.54) is 0 Å². The number of hydrogen-bond acceptors (Lipinski definition) is 2. The van der Waals surface area contributed by atoms with E-state index in [2.05, 4.69) is 0 Å². The molecular weight excluding hydrogens is 224 g/mol. The molecule has 2 N–H and O–H groups in total. The number of benzene rings is 1. The zero-order valence-electron chi connectivity index (χ0n) is 9.20. The SMILES string of the molecule is CC(N)C(=O)c1cc2ccc(Cl)cc2n1C. The fraction of sp³-hybridized carbons (Fsp3) is 0.250. The highest BCUT2D eigenvalue weighted by Gasteiger charge is 2.16. The van der Waals surface area contributed by atoms with Crippen molar-refractivity contribution >= 4 is 28.3 Å². The third-order valence-electron chi connectivity index (χ3n) is 2.67. The van der Waals surface area contributed by atoms with Crippen molar-refractivity contribution in [2.24, 2.45) is 12.8 Å². The minimum absolute atomic E-state index is 0.0603. The molecule has 2 aromatic rings. The molecule has 2 rings (SSSR count). The van der Waals surface area contributed by atoms with Gasteiger partial charge in [-0.25, -0.2) is 0 Å². The van der Waals surface area contributed by atoms with Crippen molar-refractivity contribution in [1.82, 2.24) is 4.57 Å². The number of hydrogen-bond donors (Lipinski definition) is 1. The minimum Gasteiger partial charge on any atom is -0.341 e. The molecule has 0 saturated heterocycles. The van der Waals surface area contributed by atoms with Crippen LogP contribution in [0.25, 0.3) is 10.9 Å².